The first kappa shape index (κ1) is 15.5. The SMILES string of the molecule is Clc1c(-n2cccc2)c(Cl)c(-n2cccc2)c(Cl)c1-n1cccc1. The molecule has 3 nitrogen and oxygen atoms in total. The smallest absolute Gasteiger partial charge is 0.0918 e. The van der Waals surface area contributed by atoms with Gasteiger partial charge >= 0.3 is 0 Å². The highest BCUT2D eigenvalue weighted by Gasteiger charge is 2.23. The Morgan fingerprint density at radius 1 is 0.417 bits per heavy atom. The van der Waals surface area contributed by atoms with Gasteiger partial charge in [-0.3, -0.25) is 0 Å². The maximum Gasteiger partial charge on any atom is 0.0918 e. The molecule has 0 unspecified atom stereocenters. The summed E-state index contributed by atoms with van der Waals surface area (Å²) in [6, 6.07) is 11.5. The summed E-state index contributed by atoms with van der Waals surface area (Å²) in [5, 5.41) is 1.48. The van der Waals surface area contributed by atoms with E-state index in [1.807, 2.05) is 87.3 Å². The molecular formula is C18H12Cl3N3. The Balaban J connectivity index is 2.12. The second kappa shape index (κ2) is 6.10. The van der Waals surface area contributed by atoms with E-state index >= 15 is 0 Å². The predicted molar refractivity (Wildman–Crippen MR) is 99.5 cm³/mol. The van der Waals surface area contributed by atoms with Gasteiger partial charge in [0.1, 0.15) is 0 Å². The molecule has 0 amide bonds. The number of hydrogen-bond acceptors (Lipinski definition) is 0. The van der Waals surface area contributed by atoms with Gasteiger partial charge in [-0.05, 0) is 36.4 Å². The molecule has 3 aromatic heterocycles. The first-order chi connectivity index (χ1) is 11.7. The van der Waals surface area contributed by atoms with Gasteiger partial charge in [-0.15, -0.1) is 0 Å². The Labute approximate surface area is 154 Å². The van der Waals surface area contributed by atoms with Crippen LogP contribution >= 0.6 is 34.8 Å². The molecule has 4 rings (SSSR count). The third kappa shape index (κ3) is 2.37. The third-order valence-electron chi connectivity index (χ3n) is 3.84. The second-order valence-corrected chi connectivity index (χ2v) is 6.39. The van der Waals surface area contributed by atoms with Crippen LogP contribution in [0.4, 0.5) is 0 Å². The minimum Gasteiger partial charge on any atom is -0.321 e. The molecule has 0 radical (unpaired) electrons. The lowest BCUT2D eigenvalue weighted by Gasteiger charge is -2.20. The molecule has 4 aromatic rings. The molecule has 24 heavy (non-hydrogen) atoms. The van der Waals surface area contributed by atoms with E-state index in [0.717, 1.165) is 0 Å². The highest BCUT2D eigenvalue weighted by Crippen LogP contribution is 2.44. The summed E-state index contributed by atoms with van der Waals surface area (Å²) in [5.41, 5.74) is 2.08. The van der Waals surface area contributed by atoms with Crippen LogP contribution in [0, 0.1) is 0 Å². The topological polar surface area (TPSA) is 14.8 Å². The van der Waals surface area contributed by atoms with Gasteiger partial charge in [0, 0.05) is 37.2 Å². The zero-order chi connectivity index (χ0) is 16.7. The van der Waals surface area contributed by atoms with Crippen molar-refractivity contribution >= 4 is 34.8 Å². The van der Waals surface area contributed by atoms with Crippen molar-refractivity contribution in [2.24, 2.45) is 0 Å². The van der Waals surface area contributed by atoms with Gasteiger partial charge in [0.05, 0.1) is 32.1 Å². The molecule has 0 bridgehead atoms. The maximum atomic E-state index is 6.72. The quantitative estimate of drug-likeness (QED) is 0.415. The molecule has 0 spiro atoms. The van der Waals surface area contributed by atoms with Gasteiger partial charge in [-0.25, -0.2) is 0 Å². The van der Waals surface area contributed by atoms with Gasteiger partial charge in [0.2, 0.25) is 0 Å². The third-order valence-corrected chi connectivity index (χ3v) is 4.91. The zero-order valence-electron chi connectivity index (χ0n) is 12.4. The lowest BCUT2D eigenvalue weighted by atomic mass is 10.2. The number of benzene rings is 1. The van der Waals surface area contributed by atoms with Crippen molar-refractivity contribution in [2.45, 2.75) is 0 Å². The Bertz CT molecular complexity index is 819. The van der Waals surface area contributed by atoms with E-state index in [0.29, 0.717) is 32.1 Å². The van der Waals surface area contributed by atoms with Crippen molar-refractivity contribution in [3.8, 4) is 17.1 Å². The van der Waals surface area contributed by atoms with Gasteiger partial charge in [0.15, 0.2) is 0 Å². The standard InChI is InChI=1S/C18H12Cl3N3/c19-13-16(22-7-1-2-8-22)14(20)18(24-11-5-6-12-24)15(21)17(13)23-9-3-4-10-23/h1-12H. The number of hydrogen-bond donors (Lipinski definition) is 0. The van der Waals surface area contributed by atoms with Crippen molar-refractivity contribution in [1.29, 1.82) is 0 Å². The monoisotopic (exact) mass is 375 g/mol. The fraction of sp³-hybridized carbons (Fsp3) is 0. The number of halogens is 3. The number of nitrogens with zero attached hydrogens (tertiary/aromatic N) is 3. The van der Waals surface area contributed by atoms with Crippen molar-refractivity contribution in [3.63, 3.8) is 0 Å². The van der Waals surface area contributed by atoms with E-state index < -0.39 is 0 Å². The fourth-order valence-corrected chi connectivity index (χ4v) is 4.05. The van der Waals surface area contributed by atoms with E-state index in [4.69, 9.17) is 34.8 Å². The first-order valence-electron chi connectivity index (χ1n) is 7.29. The van der Waals surface area contributed by atoms with Crippen molar-refractivity contribution in [3.05, 3.63) is 88.6 Å². The Morgan fingerprint density at radius 3 is 0.833 bits per heavy atom. The Kier molecular flexibility index (Phi) is 3.93. The van der Waals surface area contributed by atoms with Crippen LogP contribution in [-0.4, -0.2) is 13.7 Å². The van der Waals surface area contributed by atoms with Crippen LogP contribution in [0.3, 0.4) is 0 Å². The lowest BCUT2D eigenvalue weighted by molar-refractivity contribution is 1.01. The average molecular weight is 377 g/mol. The first-order valence-corrected chi connectivity index (χ1v) is 8.42. The summed E-state index contributed by atoms with van der Waals surface area (Å²) >= 11 is 20.1. The maximum absolute atomic E-state index is 6.72. The van der Waals surface area contributed by atoms with E-state index in [-0.39, 0.29) is 0 Å². The molecular weight excluding hydrogens is 365 g/mol. The lowest BCUT2D eigenvalue weighted by Crippen LogP contribution is -2.05. The molecule has 0 aliphatic carbocycles. The van der Waals surface area contributed by atoms with E-state index in [1.165, 1.54) is 0 Å². The number of rotatable bonds is 3. The van der Waals surface area contributed by atoms with E-state index in [2.05, 4.69) is 0 Å². The highest BCUT2D eigenvalue weighted by molar-refractivity contribution is 6.45. The van der Waals surface area contributed by atoms with E-state index in [1.54, 1.807) is 0 Å². The van der Waals surface area contributed by atoms with Crippen molar-refractivity contribution < 1.29 is 0 Å². The Morgan fingerprint density at radius 2 is 0.625 bits per heavy atom. The summed E-state index contributed by atoms with van der Waals surface area (Å²) < 4.78 is 5.67. The highest BCUT2D eigenvalue weighted by atomic mass is 35.5. The minimum absolute atomic E-state index is 0.494. The zero-order valence-corrected chi connectivity index (χ0v) is 14.7. The molecule has 0 fully saturated rings. The van der Waals surface area contributed by atoms with Gasteiger partial charge < -0.3 is 13.7 Å². The van der Waals surface area contributed by atoms with E-state index in [9.17, 15) is 0 Å². The van der Waals surface area contributed by atoms with Crippen molar-refractivity contribution in [1.82, 2.24) is 13.7 Å². The van der Waals surface area contributed by atoms with Crippen molar-refractivity contribution in [2.75, 3.05) is 0 Å². The fourth-order valence-electron chi connectivity index (χ4n) is 2.76. The van der Waals surface area contributed by atoms with Gasteiger partial charge in [-0.1, -0.05) is 34.8 Å². The molecule has 0 aliphatic heterocycles. The summed E-state index contributed by atoms with van der Waals surface area (Å²) in [6.07, 6.45) is 11.4. The molecule has 0 saturated heterocycles. The Hall–Kier alpha value is -2.07. The molecule has 0 aliphatic rings. The van der Waals surface area contributed by atoms with Gasteiger partial charge in [0.25, 0.3) is 0 Å². The molecule has 0 saturated carbocycles. The largest absolute Gasteiger partial charge is 0.321 e. The van der Waals surface area contributed by atoms with Crippen LogP contribution < -0.4 is 0 Å². The predicted octanol–water partition coefficient (Wildman–Crippen LogP) is 6.02. The van der Waals surface area contributed by atoms with Crippen LogP contribution in [-0.2, 0) is 0 Å². The van der Waals surface area contributed by atoms with Crippen LogP contribution in [0.15, 0.2) is 73.6 Å². The summed E-state index contributed by atoms with van der Waals surface area (Å²) in [6.45, 7) is 0. The summed E-state index contributed by atoms with van der Waals surface area (Å²) in [7, 11) is 0. The second-order valence-electron chi connectivity index (χ2n) is 5.26. The van der Waals surface area contributed by atoms with Crippen LogP contribution in [0.1, 0.15) is 0 Å². The van der Waals surface area contributed by atoms with Crippen LogP contribution in [0.25, 0.3) is 17.1 Å². The van der Waals surface area contributed by atoms with Crippen LogP contribution in [0.2, 0.25) is 15.1 Å². The molecule has 6 heteroatoms. The average Bonchev–Trinajstić information content (AvgIpc) is 3.31. The summed E-state index contributed by atoms with van der Waals surface area (Å²) in [5.74, 6) is 0. The molecule has 120 valence electrons. The normalized spacial score (nSPS) is 11.1. The summed E-state index contributed by atoms with van der Waals surface area (Å²) in [4.78, 5) is 0. The molecule has 1 aromatic carbocycles. The molecule has 0 atom stereocenters. The molecule has 0 N–H and O–H groups in total. The van der Waals surface area contributed by atoms with Gasteiger partial charge in [-0.2, -0.15) is 0 Å². The van der Waals surface area contributed by atoms with Crippen LogP contribution in [0.5, 0.6) is 0 Å². The minimum atomic E-state index is 0.494. The molecule has 3 heterocycles. The number of aromatic nitrogens is 3.